The summed E-state index contributed by atoms with van der Waals surface area (Å²) >= 11 is 1.65. The zero-order valence-corrected chi connectivity index (χ0v) is 14.7. The molecule has 0 fully saturated rings. The number of nitrogens with one attached hydrogen (secondary N) is 1. The van der Waals surface area contributed by atoms with Gasteiger partial charge in [-0.05, 0) is 48.9 Å². The van der Waals surface area contributed by atoms with Gasteiger partial charge in [0.2, 0.25) is 5.91 Å². The molecule has 0 aliphatic heterocycles. The number of nitrogens with zero attached hydrogens (tertiary/aromatic N) is 2. The van der Waals surface area contributed by atoms with E-state index in [2.05, 4.69) is 10.3 Å². The SMILES string of the molecule is Cc1nc2cc(NC(=O)C=Cc3ccc(N(C)C)cc3)ccc2s1. The summed E-state index contributed by atoms with van der Waals surface area (Å²) in [6, 6.07) is 13.8. The second-order valence-electron chi connectivity index (χ2n) is 5.72. The summed E-state index contributed by atoms with van der Waals surface area (Å²) in [7, 11) is 4.00. The molecule has 3 aromatic rings. The quantitative estimate of drug-likeness (QED) is 0.721. The van der Waals surface area contributed by atoms with Crippen molar-refractivity contribution in [1.29, 1.82) is 0 Å². The average molecular weight is 337 g/mol. The van der Waals surface area contributed by atoms with Gasteiger partial charge in [-0.15, -0.1) is 11.3 Å². The highest BCUT2D eigenvalue weighted by Crippen LogP contribution is 2.24. The van der Waals surface area contributed by atoms with Gasteiger partial charge in [-0.3, -0.25) is 4.79 Å². The molecule has 3 rings (SSSR count). The number of benzene rings is 2. The predicted molar refractivity (Wildman–Crippen MR) is 103 cm³/mol. The maximum absolute atomic E-state index is 12.1. The van der Waals surface area contributed by atoms with Gasteiger partial charge < -0.3 is 10.2 Å². The monoisotopic (exact) mass is 337 g/mol. The number of aryl methyl sites for hydroxylation is 1. The van der Waals surface area contributed by atoms with E-state index in [4.69, 9.17) is 0 Å². The Morgan fingerprint density at radius 1 is 1.17 bits per heavy atom. The van der Waals surface area contributed by atoms with E-state index in [1.807, 2.05) is 68.4 Å². The summed E-state index contributed by atoms with van der Waals surface area (Å²) in [5, 5.41) is 3.90. The van der Waals surface area contributed by atoms with Crippen molar-refractivity contribution in [1.82, 2.24) is 4.98 Å². The molecular formula is C19H19N3OS. The van der Waals surface area contributed by atoms with Gasteiger partial charge in [-0.1, -0.05) is 12.1 Å². The predicted octanol–water partition coefficient (Wildman–Crippen LogP) is 4.32. The number of rotatable bonds is 4. The van der Waals surface area contributed by atoms with Crippen LogP contribution in [0.4, 0.5) is 11.4 Å². The van der Waals surface area contributed by atoms with E-state index in [1.54, 1.807) is 23.5 Å². The van der Waals surface area contributed by atoms with Crippen LogP contribution in [-0.4, -0.2) is 25.0 Å². The minimum atomic E-state index is -0.155. The van der Waals surface area contributed by atoms with Crippen molar-refractivity contribution < 1.29 is 4.79 Å². The van der Waals surface area contributed by atoms with Crippen LogP contribution in [0, 0.1) is 6.92 Å². The normalized spacial score (nSPS) is 11.1. The van der Waals surface area contributed by atoms with Gasteiger partial charge in [0.1, 0.15) is 0 Å². The summed E-state index contributed by atoms with van der Waals surface area (Å²) < 4.78 is 1.13. The maximum Gasteiger partial charge on any atom is 0.248 e. The molecule has 1 heterocycles. The molecule has 0 aliphatic rings. The topological polar surface area (TPSA) is 45.2 Å². The molecule has 1 aromatic heterocycles. The van der Waals surface area contributed by atoms with Crippen molar-refractivity contribution in [3.05, 3.63) is 59.1 Å². The number of carbonyl (C=O) groups excluding carboxylic acids is 1. The molecule has 0 spiro atoms. The minimum absolute atomic E-state index is 0.155. The third-order valence-electron chi connectivity index (χ3n) is 3.60. The van der Waals surface area contributed by atoms with Crippen molar-refractivity contribution in [2.24, 2.45) is 0 Å². The van der Waals surface area contributed by atoms with E-state index in [-0.39, 0.29) is 5.91 Å². The summed E-state index contributed by atoms with van der Waals surface area (Å²) in [6.07, 6.45) is 3.35. The molecule has 0 unspecified atom stereocenters. The number of hydrogen-bond acceptors (Lipinski definition) is 4. The first-order valence-electron chi connectivity index (χ1n) is 7.65. The van der Waals surface area contributed by atoms with Gasteiger partial charge in [0.15, 0.2) is 0 Å². The van der Waals surface area contributed by atoms with Crippen molar-refractivity contribution in [3.8, 4) is 0 Å². The van der Waals surface area contributed by atoms with Crippen LogP contribution >= 0.6 is 11.3 Å². The maximum atomic E-state index is 12.1. The zero-order chi connectivity index (χ0) is 17.1. The molecule has 122 valence electrons. The zero-order valence-electron chi connectivity index (χ0n) is 13.9. The fourth-order valence-electron chi connectivity index (χ4n) is 2.36. The molecule has 0 aliphatic carbocycles. The van der Waals surface area contributed by atoms with Gasteiger partial charge >= 0.3 is 0 Å². The lowest BCUT2D eigenvalue weighted by Crippen LogP contribution is -2.08. The van der Waals surface area contributed by atoms with Crippen LogP contribution < -0.4 is 10.2 Å². The van der Waals surface area contributed by atoms with Crippen LogP contribution in [0.1, 0.15) is 10.6 Å². The lowest BCUT2D eigenvalue weighted by atomic mass is 10.2. The third kappa shape index (κ3) is 3.81. The Balaban J connectivity index is 1.67. The van der Waals surface area contributed by atoms with Crippen LogP contribution in [0.5, 0.6) is 0 Å². The lowest BCUT2D eigenvalue weighted by molar-refractivity contribution is -0.111. The van der Waals surface area contributed by atoms with Gasteiger partial charge in [-0.25, -0.2) is 4.98 Å². The number of aromatic nitrogens is 1. The Bertz CT molecular complexity index is 895. The Morgan fingerprint density at radius 2 is 1.92 bits per heavy atom. The fourth-order valence-corrected chi connectivity index (χ4v) is 3.17. The van der Waals surface area contributed by atoms with E-state index in [9.17, 15) is 4.79 Å². The molecular weight excluding hydrogens is 318 g/mol. The third-order valence-corrected chi connectivity index (χ3v) is 4.55. The highest BCUT2D eigenvalue weighted by atomic mass is 32.1. The molecule has 1 N–H and O–H groups in total. The van der Waals surface area contributed by atoms with E-state index in [0.717, 1.165) is 32.2 Å². The molecule has 1 amide bonds. The average Bonchev–Trinajstić information content (AvgIpc) is 2.92. The Hall–Kier alpha value is -2.66. The summed E-state index contributed by atoms with van der Waals surface area (Å²) in [4.78, 5) is 18.6. The highest BCUT2D eigenvalue weighted by Gasteiger charge is 2.03. The van der Waals surface area contributed by atoms with Crippen LogP contribution in [0.15, 0.2) is 48.5 Å². The summed E-state index contributed by atoms with van der Waals surface area (Å²) in [5.41, 5.74) is 3.79. The van der Waals surface area contributed by atoms with Crippen LogP contribution in [0.2, 0.25) is 0 Å². The Labute approximate surface area is 145 Å². The van der Waals surface area contributed by atoms with Gasteiger partial charge in [0.25, 0.3) is 0 Å². The standard InChI is InChI=1S/C19H19N3OS/c1-13-20-17-12-15(7-10-18(17)24-13)21-19(23)11-6-14-4-8-16(9-5-14)22(2)3/h4-12H,1-3H3,(H,21,23). The minimum Gasteiger partial charge on any atom is -0.378 e. The van der Waals surface area contributed by atoms with Crippen molar-refractivity contribution in [3.63, 3.8) is 0 Å². The first-order chi connectivity index (χ1) is 11.5. The van der Waals surface area contributed by atoms with Gasteiger partial charge in [0.05, 0.1) is 15.2 Å². The Kier molecular flexibility index (Phi) is 4.62. The summed E-state index contributed by atoms with van der Waals surface area (Å²) in [6.45, 7) is 1.98. The number of hydrogen-bond donors (Lipinski definition) is 1. The number of anilines is 2. The largest absolute Gasteiger partial charge is 0.378 e. The number of thiazole rings is 1. The van der Waals surface area contributed by atoms with E-state index >= 15 is 0 Å². The molecule has 0 atom stereocenters. The number of amides is 1. The van der Waals surface area contributed by atoms with Gasteiger partial charge in [-0.2, -0.15) is 0 Å². The number of fused-ring (bicyclic) bond motifs is 1. The first-order valence-corrected chi connectivity index (χ1v) is 8.46. The highest BCUT2D eigenvalue weighted by molar-refractivity contribution is 7.18. The molecule has 0 saturated carbocycles. The van der Waals surface area contributed by atoms with Crippen molar-refractivity contribution in [2.75, 3.05) is 24.3 Å². The molecule has 0 saturated heterocycles. The van der Waals surface area contributed by atoms with Crippen molar-refractivity contribution in [2.45, 2.75) is 6.92 Å². The second kappa shape index (κ2) is 6.84. The number of carbonyl (C=O) groups is 1. The fraction of sp³-hybridized carbons (Fsp3) is 0.158. The van der Waals surface area contributed by atoms with E-state index in [1.165, 1.54) is 0 Å². The smallest absolute Gasteiger partial charge is 0.248 e. The van der Waals surface area contributed by atoms with E-state index < -0.39 is 0 Å². The molecule has 0 bridgehead atoms. The van der Waals surface area contributed by atoms with Crippen LogP contribution in [0.3, 0.4) is 0 Å². The van der Waals surface area contributed by atoms with Crippen LogP contribution in [0.25, 0.3) is 16.3 Å². The molecule has 24 heavy (non-hydrogen) atoms. The first kappa shape index (κ1) is 16.2. The van der Waals surface area contributed by atoms with Gasteiger partial charge in [0, 0.05) is 31.5 Å². The molecule has 0 radical (unpaired) electrons. The lowest BCUT2D eigenvalue weighted by Gasteiger charge is -2.11. The molecule has 4 nitrogen and oxygen atoms in total. The Morgan fingerprint density at radius 3 is 2.62 bits per heavy atom. The molecule has 2 aromatic carbocycles. The summed E-state index contributed by atoms with van der Waals surface area (Å²) in [5.74, 6) is -0.155. The van der Waals surface area contributed by atoms with Crippen LogP contribution in [-0.2, 0) is 4.79 Å². The molecule has 5 heteroatoms. The van der Waals surface area contributed by atoms with Crippen molar-refractivity contribution >= 4 is 44.9 Å². The van der Waals surface area contributed by atoms with E-state index in [0.29, 0.717) is 0 Å². The second-order valence-corrected chi connectivity index (χ2v) is 6.96.